The van der Waals surface area contributed by atoms with E-state index in [1.54, 1.807) is 4.90 Å². The quantitative estimate of drug-likeness (QED) is 0.726. The van der Waals surface area contributed by atoms with Gasteiger partial charge in [-0.2, -0.15) is 0 Å². The smallest absolute Gasteiger partial charge is 0.410 e. The largest absolute Gasteiger partial charge is 0.444 e. The van der Waals surface area contributed by atoms with Gasteiger partial charge >= 0.3 is 6.09 Å². The number of hydrogen-bond donors (Lipinski definition) is 0. The zero-order valence-electron chi connectivity index (χ0n) is 12.8. The number of amides is 2. The molecule has 0 aromatic rings. The monoisotopic (exact) mass is 288 g/mol. The maximum atomic E-state index is 12.1. The molecule has 1 saturated heterocycles. The standard InChI is InChI=1S/C13H24N2O5/c1-13(2,3)20-12(17)15-6-7-19-9-10(15)8-11(16)14(4)18-5/h10H,6-9H2,1-5H3/t10-/m1/s1. The van der Waals surface area contributed by atoms with Crippen LogP contribution in [0, 0.1) is 0 Å². The van der Waals surface area contributed by atoms with Gasteiger partial charge < -0.3 is 14.4 Å². The fraction of sp³-hybridized carbons (Fsp3) is 0.846. The Bertz CT molecular complexity index is 353. The van der Waals surface area contributed by atoms with E-state index in [0.29, 0.717) is 19.8 Å². The molecule has 1 aliphatic heterocycles. The molecule has 7 heteroatoms. The highest BCUT2D eigenvalue weighted by molar-refractivity contribution is 5.77. The number of hydrogen-bond acceptors (Lipinski definition) is 5. The molecule has 1 fully saturated rings. The summed E-state index contributed by atoms with van der Waals surface area (Å²) < 4.78 is 10.7. The third-order valence-electron chi connectivity index (χ3n) is 2.89. The van der Waals surface area contributed by atoms with Gasteiger partial charge in [-0.05, 0) is 20.8 Å². The van der Waals surface area contributed by atoms with Crippen LogP contribution in [0.3, 0.4) is 0 Å². The van der Waals surface area contributed by atoms with E-state index < -0.39 is 11.7 Å². The lowest BCUT2D eigenvalue weighted by Gasteiger charge is -2.36. The summed E-state index contributed by atoms with van der Waals surface area (Å²) in [4.78, 5) is 30.4. The van der Waals surface area contributed by atoms with Crippen molar-refractivity contribution < 1.29 is 23.9 Å². The summed E-state index contributed by atoms with van der Waals surface area (Å²) in [6, 6.07) is -0.330. The molecule has 0 aliphatic carbocycles. The minimum Gasteiger partial charge on any atom is -0.444 e. The number of morpholine rings is 1. The molecular weight excluding hydrogens is 264 g/mol. The number of hydroxylamine groups is 2. The molecule has 0 N–H and O–H groups in total. The van der Waals surface area contributed by atoms with Crippen molar-refractivity contribution in [3.63, 3.8) is 0 Å². The first-order chi connectivity index (χ1) is 9.24. The average Bonchev–Trinajstić information content (AvgIpc) is 2.36. The molecule has 0 aromatic heterocycles. The van der Waals surface area contributed by atoms with Crippen molar-refractivity contribution in [2.45, 2.75) is 38.8 Å². The second kappa shape index (κ2) is 6.90. The minimum absolute atomic E-state index is 0.142. The van der Waals surface area contributed by atoms with Crippen LogP contribution in [-0.4, -0.2) is 67.5 Å². The van der Waals surface area contributed by atoms with Crippen molar-refractivity contribution in [3.8, 4) is 0 Å². The van der Waals surface area contributed by atoms with Gasteiger partial charge in [-0.1, -0.05) is 0 Å². The summed E-state index contributed by atoms with van der Waals surface area (Å²) >= 11 is 0. The zero-order valence-corrected chi connectivity index (χ0v) is 12.8. The molecule has 0 unspecified atom stereocenters. The number of rotatable bonds is 3. The Kier molecular flexibility index (Phi) is 5.76. The van der Waals surface area contributed by atoms with Crippen LogP contribution in [0.1, 0.15) is 27.2 Å². The highest BCUT2D eigenvalue weighted by Crippen LogP contribution is 2.17. The van der Waals surface area contributed by atoms with Crippen molar-refractivity contribution in [1.29, 1.82) is 0 Å². The summed E-state index contributed by atoms with van der Waals surface area (Å²) in [6.45, 7) is 6.62. The summed E-state index contributed by atoms with van der Waals surface area (Å²) in [5, 5.41) is 1.14. The van der Waals surface area contributed by atoms with Gasteiger partial charge in [0.2, 0.25) is 5.91 Å². The van der Waals surface area contributed by atoms with E-state index in [0.717, 1.165) is 5.06 Å². The highest BCUT2D eigenvalue weighted by Gasteiger charge is 2.33. The Labute approximate surface area is 119 Å². The SMILES string of the molecule is CON(C)C(=O)C[C@@H]1COCCN1C(=O)OC(C)(C)C. The van der Waals surface area contributed by atoms with Crippen molar-refractivity contribution in [3.05, 3.63) is 0 Å². The van der Waals surface area contributed by atoms with Gasteiger partial charge in [0, 0.05) is 13.6 Å². The molecule has 0 bridgehead atoms. The number of carbonyl (C=O) groups is 2. The third-order valence-corrected chi connectivity index (χ3v) is 2.89. The van der Waals surface area contributed by atoms with Crippen LogP contribution in [0.15, 0.2) is 0 Å². The average molecular weight is 288 g/mol. The predicted octanol–water partition coefficient (Wildman–Crippen LogP) is 1.03. The van der Waals surface area contributed by atoms with Crippen LogP contribution in [0.5, 0.6) is 0 Å². The molecule has 1 atom stereocenters. The van der Waals surface area contributed by atoms with Gasteiger partial charge in [-0.3, -0.25) is 9.63 Å². The van der Waals surface area contributed by atoms with Crippen LogP contribution in [-0.2, 0) is 19.1 Å². The predicted molar refractivity (Wildman–Crippen MR) is 71.9 cm³/mol. The second-order valence-electron chi connectivity index (χ2n) is 5.68. The van der Waals surface area contributed by atoms with E-state index in [-0.39, 0.29) is 18.4 Å². The Balaban J connectivity index is 2.67. The Morgan fingerprint density at radius 1 is 1.40 bits per heavy atom. The summed E-state index contributed by atoms with van der Waals surface area (Å²) in [6.07, 6.45) is -0.275. The minimum atomic E-state index is -0.562. The van der Waals surface area contributed by atoms with Gasteiger partial charge in [-0.25, -0.2) is 9.86 Å². The first-order valence-electron chi connectivity index (χ1n) is 6.62. The van der Waals surface area contributed by atoms with E-state index in [4.69, 9.17) is 14.3 Å². The first kappa shape index (κ1) is 16.7. The lowest BCUT2D eigenvalue weighted by molar-refractivity contribution is -0.171. The Morgan fingerprint density at radius 2 is 2.05 bits per heavy atom. The Hall–Kier alpha value is -1.34. The van der Waals surface area contributed by atoms with Crippen molar-refractivity contribution in [2.75, 3.05) is 33.9 Å². The topological polar surface area (TPSA) is 68.3 Å². The second-order valence-corrected chi connectivity index (χ2v) is 5.68. The third kappa shape index (κ3) is 4.97. The molecule has 116 valence electrons. The van der Waals surface area contributed by atoms with Crippen molar-refractivity contribution >= 4 is 12.0 Å². The van der Waals surface area contributed by atoms with Gasteiger partial charge in [0.05, 0.1) is 32.8 Å². The van der Waals surface area contributed by atoms with Gasteiger partial charge in [0.25, 0.3) is 0 Å². The fourth-order valence-electron chi connectivity index (χ4n) is 1.82. The molecule has 0 radical (unpaired) electrons. The van der Waals surface area contributed by atoms with Crippen LogP contribution >= 0.6 is 0 Å². The van der Waals surface area contributed by atoms with Gasteiger partial charge in [0.1, 0.15) is 5.60 Å². The summed E-state index contributed by atoms with van der Waals surface area (Å²) in [7, 11) is 2.95. The van der Waals surface area contributed by atoms with E-state index in [1.807, 2.05) is 20.8 Å². The molecule has 0 aromatic carbocycles. The van der Waals surface area contributed by atoms with E-state index in [2.05, 4.69) is 0 Å². The molecular formula is C13H24N2O5. The first-order valence-corrected chi connectivity index (χ1v) is 6.62. The molecule has 1 aliphatic rings. The summed E-state index contributed by atoms with van der Waals surface area (Å²) in [5.41, 5.74) is -0.562. The van der Waals surface area contributed by atoms with Crippen LogP contribution in [0.25, 0.3) is 0 Å². The van der Waals surface area contributed by atoms with Crippen molar-refractivity contribution in [2.24, 2.45) is 0 Å². The maximum absolute atomic E-state index is 12.1. The van der Waals surface area contributed by atoms with Crippen LogP contribution in [0.4, 0.5) is 4.79 Å². The van der Waals surface area contributed by atoms with Crippen molar-refractivity contribution in [1.82, 2.24) is 9.96 Å². The number of ether oxygens (including phenoxy) is 2. The molecule has 2 amide bonds. The molecule has 20 heavy (non-hydrogen) atoms. The van der Waals surface area contributed by atoms with E-state index >= 15 is 0 Å². The van der Waals surface area contributed by atoms with E-state index in [9.17, 15) is 9.59 Å². The summed E-state index contributed by atoms with van der Waals surface area (Å²) in [5.74, 6) is -0.212. The Morgan fingerprint density at radius 3 is 2.60 bits per heavy atom. The highest BCUT2D eigenvalue weighted by atomic mass is 16.7. The maximum Gasteiger partial charge on any atom is 0.410 e. The fourth-order valence-corrected chi connectivity index (χ4v) is 1.82. The lowest BCUT2D eigenvalue weighted by Crippen LogP contribution is -2.51. The van der Waals surface area contributed by atoms with Gasteiger partial charge in [-0.15, -0.1) is 0 Å². The number of nitrogens with zero attached hydrogens (tertiary/aromatic N) is 2. The molecule has 1 heterocycles. The number of carbonyl (C=O) groups excluding carboxylic acids is 2. The van der Waals surface area contributed by atoms with Crippen LogP contribution in [0.2, 0.25) is 0 Å². The molecule has 1 rings (SSSR count). The molecule has 0 spiro atoms. The van der Waals surface area contributed by atoms with Gasteiger partial charge in [0.15, 0.2) is 0 Å². The lowest BCUT2D eigenvalue weighted by atomic mass is 10.1. The van der Waals surface area contributed by atoms with Crippen LogP contribution < -0.4 is 0 Å². The molecule has 0 saturated carbocycles. The molecule has 7 nitrogen and oxygen atoms in total. The van der Waals surface area contributed by atoms with E-state index in [1.165, 1.54) is 14.2 Å². The zero-order chi connectivity index (χ0) is 15.3. The normalized spacial score (nSPS) is 19.6.